The van der Waals surface area contributed by atoms with E-state index in [1.807, 2.05) is 24.3 Å². The SMILES string of the molecule is CCCc1c(C(=O)Nc2ccc(N3CCC(C)CC3)nc2)sc2ccccc12. The van der Waals surface area contributed by atoms with Gasteiger partial charge in [-0.2, -0.15) is 0 Å². The quantitative estimate of drug-likeness (QED) is 0.601. The van der Waals surface area contributed by atoms with Crippen molar-refractivity contribution in [2.45, 2.75) is 39.5 Å². The molecule has 1 aromatic carbocycles. The van der Waals surface area contributed by atoms with Crippen LogP contribution in [-0.4, -0.2) is 24.0 Å². The molecule has 1 fully saturated rings. The lowest BCUT2D eigenvalue weighted by Crippen LogP contribution is -2.33. The molecule has 3 heterocycles. The van der Waals surface area contributed by atoms with Crippen LogP contribution in [0.2, 0.25) is 0 Å². The van der Waals surface area contributed by atoms with Crippen molar-refractivity contribution in [3.63, 3.8) is 0 Å². The molecule has 28 heavy (non-hydrogen) atoms. The number of pyridine rings is 1. The van der Waals surface area contributed by atoms with E-state index in [-0.39, 0.29) is 5.91 Å². The zero-order valence-electron chi connectivity index (χ0n) is 16.6. The molecule has 4 nitrogen and oxygen atoms in total. The minimum Gasteiger partial charge on any atom is -0.357 e. The van der Waals surface area contributed by atoms with Crippen molar-refractivity contribution < 1.29 is 4.79 Å². The van der Waals surface area contributed by atoms with Crippen molar-refractivity contribution in [2.75, 3.05) is 23.3 Å². The summed E-state index contributed by atoms with van der Waals surface area (Å²) < 4.78 is 1.17. The third-order valence-electron chi connectivity index (χ3n) is 5.52. The molecule has 1 amide bonds. The first-order valence-electron chi connectivity index (χ1n) is 10.2. The fraction of sp³-hybridized carbons (Fsp3) is 0.391. The number of aromatic nitrogens is 1. The minimum absolute atomic E-state index is 0.0361. The van der Waals surface area contributed by atoms with E-state index in [0.717, 1.165) is 53.8 Å². The summed E-state index contributed by atoms with van der Waals surface area (Å²) in [5, 5.41) is 4.25. The van der Waals surface area contributed by atoms with E-state index in [2.05, 4.69) is 41.2 Å². The largest absolute Gasteiger partial charge is 0.357 e. The molecule has 3 aromatic rings. The molecule has 1 saturated heterocycles. The Balaban J connectivity index is 1.51. The minimum atomic E-state index is -0.0361. The number of fused-ring (bicyclic) bond motifs is 1. The molecule has 4 rings (SSSR count). The molecule has 0 bridgehead atoms. The first-order chi connectivity index (χ1) is 13.7. The van der Waals surface area contributed by atoms with Crippen LogP contribution in [0.15, 0.2) is 42.6 Å². The highest BCUT2D eigenvalue weighted by molar-refractivity contribution is 7.21. The molecule has 0 spiro atoms. The highest BCUT2D eigenvalue weighted by Gasteiger charge is 2.19. The number of hydrogen-bond donors (Lipinski definition) is 1. The number of benzene rings is 1. The summed E-state index contributed by atoms with van der Waals surface area (Å²) in [6.45, 7) is 6.58. The molecular weight excluding hydrogens is 366 g/mol. The average molecular weight is 394 g/mol. The van der Waals surface area contributed by atoms with Crippen molar-refractivity contribution in [3.05, 3.63) is 53.0 Å². The Hall–Kier alpha value is -2.40. The van der Waals surface area contributed by atoms with E-state index < -0.39 is 0 Å². The number of carbonyl (C=O) groups excluding carboxylic acids is 1. The van der Waals surface area contributed by atoms with Gasteiger partial charge in [0.1, 0.15) is 5.82 Å². The second-order valence-corrected chi connectivity index (χ2v) is 8.74. The lowest BCUT2D eigenvalue weighted by atomic mass is 9.99. The summed E-state index contributed by atoms with van der Waals surface area (Å²) in [4.78, 5) is 20.7. The molecule has 0 unspecified atom stereocenters. The van der Waals surface area contributed by atoms with Gasteiger partial charge in [0.15, 0.2) is 0 Å². The van der Waals surface area contributed by atoms with Gasteiger partial charge in [-0.15, -0.1) is 11.3 Å². The first-order valence-corrected chi connectivity index (χ1v) is 11.0. The smallest absolute Gasteiger partial charge is 0.266 e. The molecule has 1 aliphatic heterocycles. The first kappa shape index (κ1) is 18.9. The summed E-state index contributed by atoms with van der Waals surface area (Å²) in [6, 6.07) is 12.3. The Morgan fingerprint density at radius 1 is 1.21 bits per heavy atom. The summed E-state index contributed by atoms with van der Waals surface area (Å²) in [7, 11) is 0. The number of carbonyl (C=O) groups is 1. The predicted molar refractivity (Wildman–Crippen MR) is 119 cm³/mol. The van der Waals surface area contributed by atoms with Gasteiger partial charge in [-0.05, 0) is 54.3 Å². The Morgan fingerprint density at radius 3 is 2.71 bits per heavy atom. The Morgan fingerprint density at radius 2 is 2.00 bits per heavy atom. The summed E-state index contributed by atoms with van der Waals surface area (Å²) in [6.07, 6.45) is 6.14. The number of thiophene rings is 1. The molecule has 0 radical (unpaired) electrons. The molecule has 146 valence electrons. The normalized spacial score (nSPS) is 15.1. The van der Waals surface area contributed by atoms with E-state index >= 15 is 0 Å². The zero-order valence-corrected chi connectivity index (χ0v) is 17.4. The lowest BCUT2D eigenvalue weighted by Gasteiger charge is -2.31. The number of aryl methyl sites for hydroxylation is 1. The van der Waals surface area contributed by atoms with Gasteiger partial charge in [-0.25, -0.2) is 4.98 Å². The van der Waals surface area contributed by atoms with Gasteiger partial charge in [0.05, 0.1) is 16.8 Å². The Kier molecular flexibility index (Phi) is 5.62. The number of piperidine rings is 1. The molecule has 1 aliphatic rings. The second-order valence-electron chi connectivity index (χ2n) is 7.68. The number of amides is 1. The van der Waals surface area contributed by atoms with Crippen molar-refractivity contribution in [1.29, 1.82) is 0 Å². The maximum absolute atomic E-state index is 13.0. The highest BCUT2D eigenvalue weighted by atomic mass is 32.1. The van der Waals surface area contributed by atoms with Crippen LogP contribution in [0, 0.1) is 5.92 Å². The van der Waals surface area contributed by atoms with Gasteiger partial charge in [0, 0.05) is 17.8 Å². The Labute approximate surface area is 170 Å². The molecule has 0 atom stereocenters. The number of anilines is 2. The van der Waals surface area contributed by atoms with E-state index in [1.54, 1.807) is 17.5 Å². The van der Waals surface area contributed by atoms with Gasteiger partial charge in [0.2, 0.25) is 0 Å². The van der Waals surface area contributed by atoms with Gasteiger partial charge < -0.3 is 10.2 Å². The van der Waals surface area contributed by atoms with Gasteiger partial charge in [0.25, 0.3) is 5.91 Å². The molecule has 0 aliphatic carbocycles. The van der Waals surface area contributed by atoms with Crippen molar-refractivity contribution in [2.24, 2.45) is 5.92 Å². The number of hydrogen-bond acceptors (Lipinski definition) is 4. The highest BCUT2D eigenvalue weighted by Crippen LogP contribution is 2.33. The topological polar surface area (TPSA) is 45.2 Å². The van der Waals surface area contributed by atoms with Crippen LogP contribution in [0.5, 0.6) is 0 Å². The molecule has 1 N–H and O–H groups in total. The second kappa shape index (κ2) is 8.31. The zero-order chi connectivity index (χ0) is 19.5. The van der Waals surface area contributed by atoms with E-state index in [0.29, 0.717) is 0 Å². The number of nitrogens with zero attached hydrogens (tertiary/aromatic N) is 2. The van der Waals surface area contributed by atoms with Crippen molar-refractivity contribution in [3.8, 4) is 0 Å². The third kappa shape index (κ3) is 3.90. The van der Waals surface area contributed by atoms with Crippen LogP contribution < -0.4 is 10.2 Å². The van der Waals surface area contributed by atoms with Crippen LogP contribution in [0.25, 0.3) is 10.1 Å². The van der Waals surface area contributed by atoms with Gasteiger partial charge >= 0.3 is 0 Å². The predicted octanol–water partition coefficient (Wildman–Crippen LogP) is 5.74. The summed E-state index contributed by atoms with van der Waals surface area (Å²) in [5.41, 5.74) is 1.91. The molecule has 2 aromatic heterocycles. The van der Waals surface area contributed by atoms with Crippen LogP contribution in [0.1, 0.15) is 48.3 Å². The summed E-state index contributed by atoms with van der Waals surface area (Å²) in [5.74, 6) is 1.76. The monoisotopic (exact) mass is 393 g/mol. The molecule has 0 saturated carbocycles. The summed E-state index contributed by atoms with van der Waals surface area (Å²) >= 11 is 1.58. The van der Waals surface area contributed by atoms with Gasteiger partial charge in [-0.3, -0.25) is 4.79 Å². The molecule has 5 heteroatoms. The average Bonchev–Trinajstić information content (AvgIpc) is 3.08. The van der Waals surface area contributed by atoms with Crippen LogP contribution in [0.4, 0.5) is 11.5 Å². The third-order valence-corrected chi connectivity index (χ3v) is 6.73. The lowest BCUT2D eigenvalue weighted by molar-refractivity contribution is 0.103. The Bertz CT molecular complexity index is 956. The van der Waals surface area contributed by atoms with Crippen molar-refractivity contribution >= 4 is 38.8 Å². The van der Waals surface area contributed by atoms with E-state index in [9.17, 15) is 4.79 Å². The number of nitrogens with one attached hydrogen (secondary N) is 1. The maximum atomic E-state index is 13.0. The maximum Gasteiger partial charge on any atom is 0.266 e. The number of rotatable bonds is 5. The van der Waals surface area contributed by atoms with E-state index in [4.69, 9.17) is 0 Å². The fourth-order valence-electron chi connectivity index (χ4n) is 3.85. The van der Waals surface area contributed by atoms with Crippen LogP contribution in [0.3, 0.4) is 0 Å². The fourth-order valence-corrected chi connectivity index (χ4v) is 5.00. The van der Waals surface area contributed by atoms with Gasteiger partial charge in [-0.1, -0.05) is 38.5 Å². The van der Waals surface area contributed by atoms with Crippen molar-refractivity contribution in [1.82, 2.24) is 4.98 Å². The molecular formula is C23H27N3OS. The van der Waals surface area contributed by atoms with E-state index in [1.165, 1.54) is 22.9 Å². The standard InChI is InChI=1S/C23H27N3OS/c1-3-6-19-18-7-4-5-8-20(18)28-22(19)23(27)25-17-9-10-21(24-15-17)26-13-11-16(2)12-14-26/h4-5,7-10,15-16H,3,6,11-14H2,1-2H3,(H,25,27). The van der Waals surface area contributed by atoms with Crippen LogP contribution in [-0.2, 0) is 6.42 Å². The van der Waals surface area contributed by atoms with Crippen LogP contribution >= 0.6 is 11.3 Å².